The lowest BCUT2D eigenvalue weighted by Gasteiger charge is -2.32. The quantitative estimate of drug-likeness (QED) is 0.863. The summed E-state index contributed by atoms with van der Waals surface area (Å²) in [5.74, 6) is 0.268. The van der Waals surface area contributed by atoms with Gasteiger partial charge in [-0.05, 0) is 57.0 Å². The topological polar surface area (TPSA) is 38.3 Å². The van der Waals surface area contributed by atoms with Crippen LogP contribution in [-0.4, -0.2) is 19.1 Å². The zero-order valence-electron chi connectivity index (χ0n) is 11.9. The molecule has 1 saturated heterocycles. The molecule has 1 aromatic heterocycles. The largest absolute Gasteiger partial charge is 0.457 e. The van der Waals surface area contributed by atoms with Crippen molar-refractivity contribution in [3.05, 3.63) is 22.4 Å². The molecule has 0 radical (unpaired) electrons. The third-order valence-electron chi connectivity index (χ3n) is 3.48. The molecule has 19 heavy (non-hydrogen) atoms. The number of esters is 1. The van der Waals surface area contributed by atoms with Gasteiger partial charge in [0.2, 0.25) is 0 Å². The Morgan fingerprint density at radius 1 is 1.53 bits per heavy atom. The van der Waals surface area contributed by atoms with Crippen LogP contribution in [0, 0.1) is 11.3 Å². The lowest BCUT2D eigenvalue weighted by Crippen LogP contribution is -2.36. The van der Waals surface area contributed by atoms with Gasteiger partial charge in [-0.1, -0.05) is 0 Å². The molecule has 0 saturated carbocycles. The average molecular weight is 281 g/mol. The molecule has 2 unspecified atom stereocenters. The Kier molecular flexibility index (Phi) is 4.63. The molecule has 1 N–H and O–H groups in total. The molecule has 4 heteroatoms. The molecule has 2 heterocycles. The fourth-order valence-electron chi connectivity index (χ4n) is 2.30. The average Bonchev–Trinajstić information content (AvgIpc) is 2.89. The van der Waals surface area contributed by atoms with E-state index in [0.29, 0.717) is 5.92 Å². The Morgan fingerprint density at radius 2 is 2.32 bits per heavy atom. The minimum Gasteiger partial charge on any atom is -0.457 e. The molecule has 0 spiro atoms. The van der Waals surface area contributed by atoms with Crippen molar-refractivity contribution in [3.8, 4) is 0 Å². The van der Waals surface area contributed by atoms with Gasteiger partial charge >= 0.3 is 5.97 Å². The first-order valence-corrected chi connectivity index (χ1v) is 7.86. The van der Waals surface area contributed by atoms with E-state index in [1.807, 2.05) is 26.2 Å². The first-order valence-electron chi connectivity index (χ1n) is 6.92. The van der Waals surface area contributed by atoms with Crippen molar-refractivity contribution in [2.75, 3.05) is 13.1 Å². The fourth-order valence-corrected chi connectivity index (χ4v) is 2.99. The summed E-state index contributed by atoms with van der Waals surface area (Å²) < 4.78 is 5.83. The number of ether oxygens (including phenoxy) is 1. The van der Waals surface area contributed by atoms with E-state index in [9.17, 15) is 4.79 Å². The lowest BCUT2D eigenvalue weighted by atomic mass is 9.89. The van der Waals surface area contributed by atoms with E-state index >= 15 is 0 Å². The third kappa shape index (κ3) is 3.80. The van der Waals surface area contributed by atoms with Gasteiger partial charge in [0.25, 0.3) is 0 Å². The zero-order chi connectivity index (χ0) is 13.9. The van der Waals surface area contributed by atoms with Gasteiger partial charge in [0, 0.05) is 18.0 Å². The van der Waals surface area contributed by atoms with Gasteiger partial charge in [-0.2, -0.15) is 11.3 Å². The molecule has 0 bridgehead atoms. The Bertz CT molecular complexity index is 402. The maximum atomic E-state index is 12.2. The van der Waals surface area contributed by atoms with Gasteiger partial charge in [-0.15, -0.1) is 0 Å². The van der Waals surface area contributed by atoms with Crippen molar-refractivity contribution in [3.63, 3.8) is 0 Å². The molecule has 106 valence electrons. The van der Waals surface area contributed by atoms with E-state index in [1.165, 1.54) is 0 Å². The first kappa shape index (κ1) is 14.5. The van der Waals surface area contributed by atoms with Gasteiger partial charge < -0.3 is 10.1 Å². The second-order valence-corrected chi connectivity index (χ2v) is 7.02. The molecule has 0 aliphatic carbocycles. The third-order valence-corrected chi connectivity index (χ3v) is 4.18. The minimum atomic E-state index is -0.448. The molecule has 3 nitrogen and oxygen atoms in total. The minimum absolute atomic E-state index is 0.106. The van der Waals surface area contributed by atoms with Crippen molar-refractivity contribution in [2.45, 2.75) is 39.7 Å². The maximum absolute atomic E-state index is 12.2. The summed E-state index contributed by atoms with van der Waals surface area (Å²) in [5.41, 5.74) is 0.687. The van der Waals surface area contributed by atoms with E-state index in [-0.39, 0.29) is 12.1 Å². The predicted molar refractivity (Wildman–Crippen MR) is 78.2 cm³/mol. The Hall–Kier alpha value is -0.870. The summed E-state index contributed by atoms with van der Waals surface area (Å²) >= 11 is 1.65. The highest BCUT2D eigenvalue weighted by molar-refractivity contribution is 7.07. The van der Waals surface area contributed by atoms with Crippen molar-refractivity contribution in [1.29, 1.82) is 0 Å². The van der Waals surface area contributed by atoms with Crippen LogP contribution in [0.4, 0.5) is 0 Å². The number of rotatable bonds is 3. The van der Waals surface area contributed by atoms with Crippen LogP contribution >= 0.6 is 11.3 Å². The standard InChI is InChI=1S/C15H23NO2S/c1-15(2,3)14(17)18-13(12-6-8-19-10-12)11-5-4-7-16-9-11/h6,8,10-11,13,16H,4-5,7,9H2,1-3H3. The van der Waals surface area contributed by atoms with E-state index in [2.05, 4.69) is 16.8 Å². The molecule has 1 aliphatic heterocycles. The fraction of sp³-hybridized carbons (Fsp3) is 0.667. The van der Waals surface area contributed by atoms with Gasteiger partial charge in [0.1, 0.15) is 6.10 Å². The van der Waals surface area contributed by atoms with Crippen LogP contribution in [0.5, 0.6) is 0 Å². The van der Waals surface area contributed by atoms with Gasteiger partial charge in [-0.3, -0.25) is 4.79 Å². The Labute approximate surface area is 119 Å². The molecule has 0 amide bonds. The second kappa shape index (κ2) is 6.06. The van der Waals surface area contributed by atoms with Crippen LogP contribution in [0.15, 0.2) is 16.8 Å². The van der Waals surface area contributed by atoms with Crippen molar-refractivity contribution < 1.29 is 9.53 Å². The monoisotopic (exact) mass is 281 g/mol. The molecular formula is C15H23NO2S. The summed E-state index contributed by atoms with van der Waals surface area (Å²) in [5, 5.41) is 7.54. The molecule has 2 atom stereocenters. The number of thiophene rings is 1. The second-order valence-electron chi connectivity index (χ2n) is 6.24. The molecule has 1 fully saturated rings. The van der Waals surface area contributed by atoms with E-state index in [4.69, 9.17) is 4.74 Å². The highest BCUT2D eigenvalue weighted by Crippen LogP contribution is 2.34. The number of carbonyl (C=O) groups excluding carboxylic acids is 1. The highest BCUT2D eigenvalue weighted by atomic mass is 32.1. The molecular weight excluding hydrogens is 258 g/mol. The predicted octanol–water partition coefficient (Wildman–Crippen LogP) is 3.38. The number of piperidine rings is 1. The van der Waals surface area contributed by atoms with Crippen LogP contribution in [0.1, 0.15) is 45.3 Å². The summed E-state index contributed by atoms with van der Waals surface area (Å²) in [7, 11) is 0. The SMILES string of the molecule is CC(C)(C)C(=O)OC(c1ccsc1)C1CCCNC1. The molecule has 2 rings (SSSR count). The normalized spacial score (nSPS) is 21.9. The van der Waals surface area contributed by atoms with E-state index in [1.54, 1.807) is 11.3 Å². The highest BCUT2D eigenvalue weighted by Gasteiger charge is 2.32. The van der Waals surface area contributed by atoms with E-state index in [0.717, 1.165) is 31.5 Å². The number of nitrogens with one attached hydrogen (secondary N) is 1. The van der Waals surface area contributed by atoms with Crippen LogP contribution < -0.4 is 5.32 Å². The summed E-state index contributed by atoms with van der Waals surface area (Å²) in [6.45, 7) is 7.70. The van der Waals surface area contributed by atoms with Crippen LogP contribution in [0.3, 0.4) is 0 Å². The number of hydrogen-bond donors (Lipinski definition) is 1. The van der Waals surface area contributed by atoms with E-state index < -0.39 is 5.41 Å². The number of carbonyl (C=O) groups is 1. The first-order chi connectivity index (χ1) is 8.98. The van der Waals surface area contributed by atoms with Crippen LogP contribution in [0.2, 0.25) is 0 Å². The summed E-state index contributed by atoms with van der Waals surface area (Å²) in [4.78, 5) is 12.2. The van der Waals surface area contributed by atoms with Crippen LogP contribution in [-0.2, 0) is 9.53 Å². The Balaban J connectivity index is 2.13. The summed E-state index contributed by atoms with van der Waals surface area (Å²) in [6.07, 6.45) is 2.16. The molecule has 0 aromatic carbocycles. The maximum Gasteiger partial charge on any atom is 0.311 e. The smallest absolute Gasteiger partial charge is 0.311 e. The Morgan fingerprint density at radius 3 is 2.84 bits per heavy atom. The van der Waals surface area contributed by atoms with Gasteiger partial charge in [0.15, 0.2) is 0 Å². The lowest BCUT2D eigenvalue weighted by molar-refractivity contribution is -0.162. The van der Waals surface area contributed by atoms with Crippen molar-refractivity contribution >= 4 is 17.3 Å². The molecule has 1 aromatic rings. The van der Waals surface area contributed by atoms with Gasteiger partial charge in [-0.25, -0.2) is 0 Å². The van der Waals surface area contributed by atoms with Crippen LogP contribution in [0.25, 0.3) is 0 Å². The number of hydrogen-bond acceptors (Lipinski definition) is 4. The van der Waals surface area contributed by atoms with Gasteiger partial charge in [0.05, 0.1) is 5.41 Å². The van der Waals surface area contributed by atoms with Crippen molar-refractivity contribution in [1.82, 2.24) is 5.32 Å². The van der Waals surface area contributed by atoms with Crippen molar-refractivity contribution in [2.24, 2.45) is 11.3 Å². The zero-order valence-corrected chi connectivity index (χ0v) is 12.8. The summed E-state index contributed by atoms with van der Waals surface area (Å²) in [6, 6.07) is 2.07. The molecule has 1 aliphatic rings.